The van der Waals surface area contributed by atoms with Crippen molar-refractivity contribution in [2.45, 2.75) is 13.0 Å². The second kappa shape index (κ2) is 8.98. The molecule has 3 aromatic heterocycles. The first-order chi connectivity index (χ1) is 15.9. The maximum Gasteiger partial charge on any atom is 0.306 e. The largest absolute Gasteiger partial charge is 0.496 e. The van der Waals surface area contributed by atoms with Crippen molar-refractivity contribution < 1.29 is 23.2 Å². The van der Waals surface area contributed by atoms with Crippen LogP contribution in [0.4, 0.5) is 14.5 Å². The number of fused-ring (bicyclic) bond motifs is 1. The molecule has 0 saturated heterocycles. The third-order valence-electron chi connectivity index (χ3n) is 4.81. The molecule has 33 heavy (non-hydrogen) atoms. The summed E-state index contributed by atoms with van der Waals surface area (Å²) in [6, 6.07) is 8.00. The molecule has 11 nitrogen and oxygen atoms in total. The Bertz CT molecular complexity index is 1340. The molecule has 3 heterocycles. The highest BCUT2D eigenvalue weighted by Gasteiger charge is 2.22. The number of hydrogen-bond acceptors (Lipinski definition) is 7. The van der Waals surface area contributed by atoms with Crippen molar-refractivity contribution in [2.24, 2.45) is 0 Å². The van der Waals surface area contributed by atoms with Crippen molar-refractivity contribution in [1.29, 1.82) is 0 Å². The van der Waals surface area contributed by atoms with Crippen LogP contribution in [0.5, 0.6) is 5.75 Å². The third kappa shape index (κ3) is 4.33. The fourth-order valence-electron chi connectivity index (χ4n) is 3.24. The van der Waals surface area contributed by atoms with Gasteiger partial charge >= 0.3 is 5.69 Å². The summed E-state index contributed by atoms with van der Waals surface area (Å²) in [6.45, 7) is 0.254. The summed E-state index contributed by atoms with van der Waals surface area (Å²) in [5, 5.41) is 21.1. The molecule has 0 unspecified atom stereocenters. The van der Waals surface area contributed by atoms with E-state index in [1.54, 1.807) is 24.3 Å². The van der Waals surface area contributed by atoms with Crippen molar-refractivity contribution >= 4 is 17.2 Å². The lowest BCUT2D eigenvalue weighted by atomic mass is 10.1. The van der Waals surface area contributed by atoms with E-state index in [-0.39, 0.29) is 35.7 Å². The molecule has 13 heteroatoms. The molecule has 170 valence electrons. The number of hydrogen-bond donors (Lipinski definition) is 1. The number of rotatable bonds is 8. The number of carbonyl (C=O) groups is 1. The topological polar surface area (TPSA) is 129 Å². The highest BCUT2D eigenvalue weighted by atomic mass is 19.3. The summed E-state index contributed by atoms with van der Waals surface area (Å²) >= 11 is 0. The zero-order valence-electron chi connectivity index (χ0n) is 17.2. The van der Waals surface area contributed by atoms with Crippen LogP contribution in [0, 0.1) is 10.1 Å². The quantitative estimate of drug-likeness (QED) is 0.318. The molecule has 1 aromatic carbocycles. The fourth-order valence-corrected chi connectivity index (χ4v) is 3.24. The monoisotopic (exact) mass is 457 g/mol. The summed E-state index contributed by atoms with van der Waals surface area (Å²) in [7, 11) is 1.46. The van der Waals surface area contributed by atoms with Gasteiger partial charge in [-0.2, -0.15) is 10.2 Å². The van der Waals surface area contributed by atoms with Gasteiger partial charge in [0.25, 0.3) is 12.3 Å². The molecule has 0 spiro atoms. The minimum Gasteiger partial charge on any atom is -0.496 e. The Kier molecular flexibility index (Phi) is 5.93. The summed E-state index contributed by atoms with van der Waals surface area (Å²) < 4.78 is 35.0. The van der Waals surface area contributed by atoms with Crippen molar-refractivity contribution in [3.63, 3.8) is 0 Å². The van der Waals surface area contributed by atoms with E-state index in [4.69, 9.17) is 4.74 Å². The van der Waals surface area contributed by atoms with Gasteiger partial charge in [-0.1, -0.05) is 12.1 Å². The van der Waals surface area contributed by atoms with Gasteiger partial charge in [0.2, 0.25) is 0 Å². The van der Waals surface area contributed by atoms with Crippen LogP contribution in [0.1, 0.15) is 22.5 Å². The second-order valence-electron chi connectivity index (χ2n) is 6.84. The molecule has 1 amide bonds. The summed E-state index contributed by atoms with van der Waals surface area (Å²) in [5.74, 6) is -0.148. The molecular formula is C20H17F2N7O4. The number of nitrogens with zero attached hydrogens (tertiary/aromatic N) is 6. The molecule has 4 aromatic rings. The Labute approximate surface area is 184 Å². The maximum atomic E-state index is 13.8. The highest BCUT2D eigenvalue weighted by molar-refractivity contribution is 5.99. The summed E-state index contributed by atoms with van der Waals surface area (Å²) in [5.41, 5.74) is 0.0484. The molecule has 0 atom stereocenters. The number of nitro groups is 1. The molecular weight excluding hydrogens is 440 g/mol. The molecule has 0 bridgehead atoms. The SMILES string of the molecule is COc1ccccc1-c1cc(C(F)F)n2ncc(C(=O)NCCn3cc([N+](=O)[O-])cn3)c2n1. The Morgan fingerprint density at radius 2 is 2.06 bits per heavy atom. The van der Waals surface area contributed by atoms with Gasteiger partial charge in [-0.15, -0.1) is 0 Å². The number of nitrogens with one attached hydrogen (secondary N) is 1. The predicted molar refractivity (Wildman–Crippen MR) is 111 cm³/mol. The maximum absolute atomic E-state index is 13.8. The lowest BCUT2D eigenvalue weighted by Gasteiger charge is -2.11. The third-order valence-corrected chi connectivity index (χ3v) is 4.81. The van der Waals surface area contributed by atoms with Crippen LogP contribution in [0.2, 0.25) is 0 Å². The summed E-state index contributed by atoms with van der Waals surface area (Å²) in [4.78, 5) is 27.3. The number of ether oxygens (including phenoxy) is 1. The van der Waals surface area contributed by atoms with Crippen LogP contribution in [0.15, 0.2) is 48.9 Å². The predicted octanol–water partition coefficient (Wildman–Crippen LogP) is 2.88. The Morgan fingerprint density at radius 1 is 1.27 bits per heavy atom. The highest BCUT2D eigenvalue weighted by Crippen LogP contribution is 2.32. The molecule has 0 saturated carbocycles. The lowest BCUT2D eigenvalue weighted by molar-refractivity contribution is -0.385. The second-order valence-corrected chi connectivity index (χ2v) is 6.84. The van der Waals surface area contributed by atoms with E-state index in [0.717, 1.165) is 16.9 Å². The van der Waals surface area contributed by atoms with Gasteiger partial charge in [-0.25, -0.2) is 18.3 Å². The molecule has 0 aliphatic heterocycles. The average Bonchev–Trinajstić information content (AvgIpc) is 3.45. The Morgan fingerprint density at radius 3 is 2.76 bits per heavy atom. The van der Waals surface area contributed by atoms with Crippen LogP contribution >= 0.6 is 0 Å². The van der Waals surface area contributed by atoms with E-state index in [2.05, 4.69) is 20.5 Å². The molecule has 0 radical (unpaired) electrons. The normalized spacial score (nSPS) is 11.2. The first kappa shape index (κ1) is 21.8. The number of halogens is 2. The molecule has 0 aliphatic carbocycles. The van der Waals surface area contributed by atoms with Gasteiger partial charge in [-0.3, -0.25) is 19.6 Å². The van der Waals surface area contributed by atoms with E-state index in [1.165, 1.54) is 24.1 Å². The smallest absolute Gasteiger partial charge is 0.306 e. The van der Waals surface area contributed by atoms with Crippen molar-refractivity contribution in [1.82, 2.24) is 29.7 Å². The standard InChI is InChI=1S/C20H17F2N7O4/c1-33-17-5-3-2-4-13(17)15-8-16(18(21)22)28-19(26-15)14(10-25-28)20(30)23-6-7-27-11-12(9-24-27)29(31)32/h2-5,8-11,18H,6-7H2,1H3,(H,23,30). The van der Waals surface area contributed by atoms with E-state index >= 15 is 0 Å². The summed E-state index contributed by atoms with van der Waals surface area (Å²) in [6.07, 6.45) is 0.629. The number of para-hydroxylation sites is 1. The van der Waals surface area contributed by atoms with Crippen LogP contribution in [-0.4, -0.2) is 48.9 Å². The van der Waals surface area contributed by atoms with E-state index in [0.29, 0.717) is 11.3 Å². The molecule has 0 fully saturated rings. The number of methoxy groups -OCH3 is 1. The van der Waals surface area contributed by atoms with Gasteiger partial charge in [0, 0.05) is 12.1 Å². The van der Waals surface area contributed by atoms with Gasteiger partial charge in [0.15, 0.2) is 5.65 Å². The zero-order chi connectivity index (χ0) is 23.5. The van der Waals surface area contributed by atoms with Crippen molar-refractivity contribution in [2.75, 3.05) is 13.7 Å². The molecule has 1 N–H and O–H groups in total. The lowest BCUT2D eigenvalue weighted by Crippen LogP contribution is -2.27. The first-order valence-electron chi connectivity index (χ1n) is 9.64. The van der Waals surface area contributed by atoms with Crippen LogP contribution < -0.4 is 10.1 Å². The van der Waals surface area contributed by atoms with Crippen LogP contribution in [0.25, 0.3) is 16.9 Å². The Balaban J connectivity index is 1.62. The van der Waals surface area contributed by atoms with Crippen molar-refractivity contribution in [3.05, 3.63) is 70.3 Å². The van der Waals surface area contributed by atoms with Gasteiger partial charge < -0.3 is 10.1 Å². The number of aromatic nitrogens is 5. The van der Waals surface area contributed by atoms with E-state index in [9.17, 15) is 23.7 Å². The zero-order valence-corrected chi connectivity index (χ0v) is 17.2. The van der Waals surface area contributed by atoms with E-state index in [1.807, 2.05) is 0 Å². The van der Waals surface area contributed by atoms with E-state index < -0.39 is 22.9 Å². The van der Waals surface area contributed by atoms with Crippen LogP contribution in [0.3, 0.4) is 0 Å². The minimum atomic E-state index is -2.87. The molecule has 0 aliphatic rings. The van der Waals surface area contributed by atoms with Crippen LogP contribution in [-0.2, 0) is 6.54 Å². The number of carbonyl (C=O) groups excluding carboxylic acids is 1. The number of benzene rings is 1. The van der Waals surface area contributed by atoms with Gasteiger partial charge in [0.1, 0.15) is 29.4 Å². The van der Waals surface area contributed by atoms with Gasteiger partial charge in [0.05, 0.1) is 30.5 Å². The average molecular weight is 457 g/mol. The number of amides is 1. The first-order valence-corrected chi connectivity index (χ1v) is 9.64. The van der Waals surface area contributed by atoms with Gasteiger partial charge in [-0.05, 0) is 18.2 Å². The number of alkyl halides is 2. The Hall–Kier alpha value is -4.42. The molecule has 4 rings (SSSR count). The minimum absolute atomic E-state index is 0.0000869. The van der Waals surface area contributed by atoms with Crippen molar-refractivity contribution in [3.8, 4) is 17.0 Å². The fraction of sp³-hybridized carbons (Fsp3) is 0.200.